The largest absolute Gasteiger partial charge is 0.462 e. The molecule has 0 bridgehead atoms. The number of rotatable bonds is 9. The van der Waals surface area contributed by atoms with Gasteiger partial charge < -0.3 is 14.2 Å². The molecule has 0 unspecified atom stereocenters. The first-order chi connectivity index (χ1) is 26.3. The molecule has 8 heteroatoms. The van der Waals surface area contributed by atoms with Crippen LogP contribution in [0.4, 0.5) is 0 Å². The first-order valence-corrected chi connectivity index (χ1v) is 19.6. The third-order valence-electron chi connectivity index (χ3n) is 7.57. The Hall–Kier alpha value is -5.71. The molecule has 2 aromatic heterocycles. The molecule has 0 aliphatic heterocycles. The summed E-state index contributed by atoms with van der Waals surface area (Å²) in [6.07, 6.45) is 1.01. The number of benzene rings is 3. The molecular formula is C47H46N2O4S2+2. The standard InChI is InChI=1S/C47H46N2O4S2/c1-9-35-11-13-36(14-12-35)17-23-41-27-29-43(54-41)25-21-39-31-46(53-34-49(6,7)8)40(32-45(39)52-33-48(3,4)5)22-26-44-30-28-42(55-44)24-18-37-15-19-38(20-16-37)47(50)51-10-2/h11-16,19-20,27-32H,9-10,33-34H2,1-8H3/q+2. The predicted octanol–water partition coefficient (Wildman–Crippen LogP) is 8.23. The normalized spacial score (nSPS) is 10.7. The Morgan fingerprint density at radius 1 is 0.545 bits per heavy atom. The molecule has 2 heterocycles. The van der Waals surface area contributed by atoms with Crippen LogP contribution in [0, 0.1) is 47.4 Å². The quantitative estimate of drug-likeness (QED) is 0.0657. The van der Waals surface area contributed by atoms with Crippen LogP contribution in [-0.4, -0.2) is 77.3 Å². The second kappa shape index (κ2) is 18.6. The van der Waals surface area contributed by atoms with E-state index in [0.29, 0.717) is 51.7 Å². The number of ether oxygens (including phenoxy) is 3. The summed E-state index contributed by atoms with van der Waals surface area (Å²) in [5.74, 6) is 27.2. The van der Waals surface area contributed by atoms with E-state index in [2.05, 4.69) is 121 Å². The van der Waals surface area contributed by atoms with Crippen LogP contribution in [-0.2, 0) is 11.2 Å². The third kappa shape index (κ3) is 13.0. The van der Waals surface area contributed by atoms with E-state index in [1.807, 2.05) is 48.5 Å². The lowest BCUT2D eigenvalue weighted by Crippen LogP contribution is -2.38. The minimum atomic E-state index is -0.340. The van der Waals surface area contributed by atoms with Crippen molar-refractivity contribution >= 4 is 28.6 Å². The van der Waals surface area contributed by atoms with Crippen LogP contribution in [0.3, 0.4) is 0 Å². The number of hydrogen-bond donors (Lipinski definition) is 0. The van der Waals surface area contributed by atoms with Crippen molar-refractivity contribution in [2.24, 2.45) is 0 Å². The average molecular weight is 767 g/mol. The molecule has 0 fully saturated rings. The maximum absolute atomic E-state index is 12.0. The molecule has 55 heavy (non-hydrogen) atoms. The van der Waals surface area contributed by atoms with Crippen LogP contribution in [0.1, 0.15) is 71.5 Å². The molecule has 0 saturated heterocycles. The van der Waals surface area contributed by atoms with Gasteiger partial charge in [-0.25, -0.2) is 4.79 Å². The van der Waals surface area contributed by atoms with Gasteiger partial charge in [0.2, 0.25) is 13.5 Å². The van der Waals surface area contributed by atoms with Gasteiger partial charge in [0, 0.05) is 23.3 Å². The Morgan fingerprint density at radius 2 is 0.945 bits per heavy atom. The Labute approximate surface area is 334 Å². The van der Waals surface area contributed by atoms with Gasteiger partial charge in [-0.2, -0.15) is 0 Å². The fraction of sp³-hybridized carbons (Fsp3) is 0.255. The monoisotopic (exact) mass is 766 g/mol. The average Bonchev–Trinajstić information content (AvgIpc) is 3.82. The van der Waals surface area contributed by atoms with Gasteiger partial charge in [-0.3, -0.25) is 8.97 Å². The molecule has 0 atom stereocenters. The van der Waals surface area contributed by atoms with Crippen LogP contribution >= 0.6 is 22.7 Å². The molecule has 5 aromatic rings. The Bertz CT molecular complexity index is 2380. The number of thiophene rings is 2. The molecule has 0 aliphatic carbocycles. The summed E-state index contributed by atoms with van der Waals surface area (Å²) in [6.45, 7) is 5.15. The van der Waals surface area contributed by atoms with Gasteiger partial charge in [-0.1, -0.05) is 66.4 Å². The van der Waals surface area contributed by atoms with Crippen molar-refractivity contribution in [3.63, 3.8) is 0 Å². The van der Waals surface area contributed by atoms with Crippen molar-refractivity contribution in [1.82, 2.24) is 0 Å². The van der Waals surface area contributed by atoms with Crippen molar-refractivity contribution in [1.29, 1.82) is 0 Å². The summed E-state index contributed by atoms with van der Waals surface area (Å²) < 4.78 is 19.0. The van der Waals surface area contributed by atoms with Crippen molar-refractivity contribution in [3.05, 3.63) is 138 Å². The molecule has 0 spiro atoms. The molecule has 0 amide bonds. The topological polar surface area (TPSA) is 44.8 Å². The number of aryl methyl sites for hydroxylation is 1. The third-order valence-corrected chi connectivity index (χ3v) is 9.40. The fourth-order valence-corrected chi connectivity index (χ4v) is 6.14. The number of esters is 1. The van der Waals surface area contributed by atoms with E-state index in [9.17, 15) is 4.79 Å². The first-order valence-electron chi connectivity index (χ1n) is 18.0. The van der Waals surface area contributed by atoms with E-state index in [1.54, 1.807) is 30.4 Å². The van der Waals surface area contributed by atoms with Crippen molar-refractivity contribution < 1.29 is 28.0 Å². The van der Waals surface area contributed by atoms with Gasteiger partial charge in [-0.05, 0) is 79.6 Å². The van der Waals surface area contributed by atoms with Gasteiger partial charge >= 0.3 is 5.97 Å². The molecule has 278 valence electrons. The van der Waals surface area contributed by atoms with Crippen LogP contribution < -0.4 is 9.47 Å². The van der Waals surface area contributed by atoms with Gasteiger partial charge in [0.05, 0.1) is 85.1 Å². The first kappa shape index (κ1) is 40.5. The smallest absolute Gasteiger partial charge is 0.338 e. The number of carbonyl (C=O) groups is 1. The van der Waals surface area contributed by atoms with Crippen LogP contribution in [0.2, 0.25) is 0 Å². The lowest BCUT2D eigenvalue weighted by atomic mass is 10.1. The van der Waals surface area contributed by atoms with Crippen molar-refractivity contribution in [2.45, 2.75) is 20.3 Å². The minimum absolute atomic E-state index is 0.337. The summed E-state index contributed by atoms with van der Waals surface area (Å²) in [7, 11) is 12.5. The van der Waals surface area contributed by atoms with E-state index in [0.717, 1.165) is 42.6 Å². The summed E-state index contributed by atoms with van der Waals surface area (Å²) >= 11 is 3.08. The molecular weight excluding hydrogens is 721 g/mol. The second-order valence-electron chi connectivity index (χ2n) is 14.6. The zero-order chi connectivity index (χ0) is 39.4. The number of nitrogens with zero attached hydrogens (tertiary/aromatic N) is 2. The highest BCUT2D eigenvalue weighted by atomic mass is 32.1. The van der Waals surface area contributed by atoms with Gasteiger partial charge in [0.15, 0.2) is 0 Å². The van der Waals surface area contributed by atoms with Crippen LogP contribution in [0.5, 0.6) is 11.5 Å². The maximum Gasteiger partial charge on any atom is 0.338 e. The van der Waals surface area contributed by atoms with Crippen LogP contribution in [0.25, 0.3) is 0 Å². The highest BCUT2D eigenvalue weighted by molar-refractivity contribution is 7.13. The maximum atomic E-state index is 12.0. The highest BCUT2D eigenvalue weighted by Gasteiger charge is 2.17. The van der Waals surface area contributed by atoms with Gasteiger partial charge in [-0.15, -0.1) is 22.7 Å². The number of hydrogen-bond acceptors (Lipinski definition) is 6. The van der Waals surface area contributed by atoms with Crippen molar-refractivity contribution in [3.8, 4) is 58.9 Å². The van der Waals surface area contributed by atoms with E-state index in [-0.39, 0.29) is 5.97 Å². The SMILES string of the molecule is CCOC(=O)c1ccc(C#Cc2ccc(C#Cc3cc(OC[N+](C)(C)C)c(C#Cc4ccc(C#Cc5ccc(CC)cc5)s4)cc3OC[N+](C)(C)C)s2)cc1. The summed E-state index contributed by atoms with van der Waals surface area (Å²) in [6, 6.07) is 27.3. The number of carbonyl (C=O) groups excluding carboxylic acids is 1. The second-order valence-corrected chi connectivity index (χ2v) is 16.8. The van der Waals surface area contributed by atoms with Gasteiger partial charge in [0.1, 0.15) is 11.5 Å². The molecule has 0 aliphatic rings. The Morgan fingerprint density at radius 3 is 1.33 bits per heavy atom. The predicted molar refractivity (Wildman–Crippen MR) is 224 cm³/mol. The Balaban J connectivity index is 1.42. The Kier molecular flexibility index (Phi) is 13.7. The van der Waals surface area contributed by atoms with Gasteiger partial charge in [0.25, 0.3) is 0 Å². The molecule has 5 rings (SSSR count). The van der Waals surface area contributed by atoms with E-state index in [4.69, 9.17) is 14.2 Å². The molecule has 0 N–H and O–H groups in total. The lowest BCUT2D eigenvalue weighted by molar-refractivity contribution is -0.886. The zero-order valence-electron chi connectivity index (χ0n) is 32.8. The minimum Gasteiger partial charge on any atom is -0.462 e. The van der Waals surface area contributed by atoms with Crippen LogP contribution in [0.15, 0.2) is 84.9 Å². The number of quaternary nitrogens is 2. The lowest BCUT2D eigenvalue weighted by Gasteiger charge is -2.25. The van der Waals surface area contributed by atoms with E-state index in [1.165, 1.54) is 16.9 Å². The summed E-state index contributed by atoms with van der Waals surface area (Å²) in [5.41, 5.74) is 5.02. The van der Waals surface area contributed by atoms with E-state index >= 15 is 0 Å². The highest BCUT2D eigenvalue weighted by Crippen LogP contribution is 2.30. The summed E-state index contributed by atoms with van der Waals surface area (Å²) in [5, 5.41) is 0. The summed E-state index contributed by atoms with van der Waals surface area (Å²) in [4.78, 5) is 15.6. The van der Waals surface area contributed by atoms with Crippen molar-refractivity contribution in [2.75, 3.05) is 62.4 Å². The molecule has 3 aromatic carbocycles. The molecule has 0 radical (unpaired) electrons. The molecule has 0 saturated carbocycles. The molecule has 6 nitrogen and oxygen atoms in total. The fourth-order valence-electron chi connectivity index (χ4n) is 4.72. The zero-order valence-corrected chi connectivity index (χ0v) is 34.4. The van der Waals surface area contributed by atoms with E-state index < -0.39 is 0 Å².